The van der Waals surface area contributed by atoms with Gasteiger partial charge in [-0.3, -0.25) is 14.5 Å². The monoisotopic (exact) mass is 406 g/mol. The number of aromatic nitrogens is 1. The summed E-state index contributed by atoms with van der Waals surface area (Å²) >= 11 is 1.01. The molecular formula is C23H22N2O3S. The molecule has 1 saturated heterocycles. The van der Waals surface area contributed by atoms with Crippen molar-refractivity contribution in [2.24, 2.45) is 0 Å². The number of hydrogen-bond acceptors (Lipinski definition) is 4. The first kappa shape index (κ1) is 19.3. The second kappa shape index (κ2) is 8.57. The highest BCUT2D eigenvalue weighted by Gasteiger charge is 2.34. The Morgan fingerprint density at radius 2 is 1.76 bits per heavy atom. The number of rotatable bonds is 7. The van der Waals surface area contributed by atoms with Crippen molar-refractivity contribution in [1.29, 1.82) is 0 Å². The van der Waals surface area contributed by atoms with Crippen LogP contribution in [0.5, 0.6) is 5.75 Å². The van der Waals surface area contributed by atoms with Crippen LogP contribution in [0.25, 0.3) is 17.0 Å². The number of para-hydroxylation sites is 2. The first-order chi connectivity index (χ1) is 14.2. The quantitative estimate of drug-likeness (QED) is 0.508. The molecule has 148 valence electrons. The molecular weight excluding hydrogens is 384 g/mol. The molecule has 0 saturated carbocycles. The first-order valence-corrected chi connectivity index (χ1v) is 10.5. The topological polar surface area (TPSA) is 51.5 Å². The molecule has 1 aliphatic rings. The summed E-state index contributed by atoms with van der Waals surface area (Å²) in [5, 5.41) is 0.859. The zero-order chi connectivity index (χ0) is 20.2. The maximum atomic E-state index is 12.6. The maximum absolute atomic E-state index is 12.6. The predicted molar refractivity (Wildman–Crippen MR) is 117 cm³/mol. The van der Waals surface area contributed by atoms with Crippen molar-refractivity contribution in [3.8, 4) is 5.75 Å². The molecule has 2 amide bonds. The van der Waals surface area contributed by atoms with Crippen LogP contribution in [0.1, 0.15) is 18.9 Å². The molecule has 0 spiro atoms. The standard InChI is InChI=1S/C23H22N2O3S/c1-2-12-25-22(26)21(29-23(25)27)15-17-16-24(20-11-7-6-10-19(17)20)13-14-28-18-8-4-3-5-9-18/h3-11,15-16H,2,12-14H2,1H3/b21-15-. The van der Waals surface area contributed by atoms with Gasteiger partial charge in [0.05, 0.1) is 11.4 Å². The van der Waals surface area contributed by atoms with Crippen molar-refractivity contribution >= 4 is 39.9 Å². The summed E-state index contributed by atoms with van der Waals surface area (Å²) in [6, 6.07) is 17.8. The average molecular weight is 407 g/mol. The van der Waals surface area contributed by atoms with Crippen LogP contribution in [0.4, 0.5) is 4.79 Å². The Labute approximate surface area is 173 Å². The number of thioether (sulfide) groups is 1. The summed E-state index contributed by atoms with van der Waals surface area (Å²) in [6.45, 7) is 3.63. The highest BCUT2D eigenvalue weighted by molar-refractivity contribution is 8.18. The molecule has 1 aliphatic heterocycles. The minimum absolute atomic E-state index is 0.192. The summed E-state index contributed by atoms with van der Waals surface area (Å²) in [6.07, 6.45) is 4.61. The molecule has 1 fully saturated rings. The number of hydrogen-bond donors (Lipinski definition) is 0. The number of benzene rings is 2. The van der Waals surface area contributed by atoms with E-state index in [1.54, 1.807) is 0 Å². The Hall–Kier alpha value is -2.99. The molecule has 6 heteroatoms. The van der Waals surface area contributed by atoms with E-state index in [-0.39, 0.29) is 11.1 Å². The molecule has 1 aromatic heterocycles. The fourth-order valence-electron chi connectivity index (χ4n) is 3.41. The number of nitrogens with zero attached hydrogens (tertiary/aromatic N) is 2. The third-order valence-corrected chi connectivity index (χ3v) is 5.68. The zero-order valence-corrected chi connectivity index (χ0v) is 17.0. The number of carbonyl (C=O) groups excluding carboxylic acids is 2. The van der Waals surface area contributed by atoms with Gasteiger partial charge in [0, 0.05) is 29.2 Å². The smallest absolute Gasteiger partial charge is 0.293 e. The lowest BCUT2D eigenvalue weighted by Crippen LogP contribution is -2.28. The summed E-state index contributed by atoms with van der Waals surface area (Å²) in [5.41, 5.74) is 2.01. The molecule has 0 bridgehead atoms. The van der Waals surface area contributed by atoms with E-state index in [1.807, 2.05) is 67.7 Å². The van der Waals surface area contributed by atoms with Gasteiger partial charge in [-0.2, -0.15) is 0 Å². The van der Waals surface area contributed by atoms with Crippen molar-refractivity contribution in [2.45, 2.75) is 19.9 Å². The van der Waals surface area contributed by atoms with E-state index in [1.165, 1.54) is 4.90 Å². The molecule has 2 heterocycles. The lowest BCUT2D eigenvalue weighted by molar-refractivity contribution is -0.122. The number of amides is 2. The molecule has 2 aromatic carbocycles. The van der Waals surface area contributed by atoms with Gasteiger partial charge in [0.15, 0.2) is 0 Å². The molecule has 0 unspecified atom stereocenters. The Bertz CT molecular complexity index is 1070. The van der Waals surface area contributed by atoms with Crippen LogP contribution in [-0.2, 0) is 11.3 Å². The SMILES string of the molecule is CCCN1C(=O)S/C(=C\c2cn(CCOc3ccccc3)c3ccccc23)C1=O. The van der Waals surface area contributed by atoms with Crippen LogP contribution in [0.15, 0.2) is 65.7 Å². The molecule has 0 aliphatic carbocycles. The normalized spacial score (nSPS) is 15.6. The van der Waals surface area contributed by atoms with Crippen molar-refractivity contribution in [1.82, 2.24) is 9.47 Å². The van der Waals surface area contributed by atoms with Gasteiger partial charge in [-0.05, 0) is 42.5 Å². The Kier molecular flexibility index (Phi) is 5.71. The van der Waals surface area contributed by atoms with Crippen LogP contribution >= 0.6 is 11.8 Å². The van der Waals surface area contributed by atoms with E-state index < -0.39 is 0 Å². The maximum Gasteiger partial charge on any atom is 0.293 e. The van der Waals surface area contributed by atoms with Gasteiger partial charge in [-0.25, -0.2) is 0 Å². The van der Waals surface area contributed by atoms with E-state index >= 15 is 0 Å². The summed E-state index contributed by atoms with van der Waals surface area (Å²) in [7, 11) is 0. The van der Waals surface area contributed by atoms with Crippen LogP contribution in [-0.4, -0.2) is 33.8 Å². The fraction of sp³-hybridized carbons (Fsp3) is 0.217. The second-order valence-corrected chi connectivity index (χ2v) is 7.78. The Balaban J connectivity index is 1.58. The summed E-state index contributed by atoms with van der Waals surface area (Å²) in [4.78, 5) is 26.5. The molecule has 3 aromatic rings. The van der Waals surface area contributed by atoms with Crippen LogP contribution in [0, 0.1) is 0 Å². The van der Waals surface area contributed by atoms with Crippen LogP contribution in [0.3, 0.4) is 0 Å². The predicted octanol–water partition coefficient (Wildman–Crippen LogP) is 5.17. The van der Waals surface area contributed by atoms with Gasteiger partial charge in [0.2, 0.25) is 0 Å². The number of ether oxygens (including phenoxy) is 1. The highest BCUT2D eigenvalue weighted by Crippen LogP contribution is 2.34. The van der Waals surface area contributed by atoms with Crippen molar-refractivity contribution in [2.75, 3.05) is 13.2 Å². The average Bonchev–Trinajstić information content (AvgIpc) is 3.22. The molecule has 5 nitrogen and oxygen atoms in total. The largest absolute Gasteiger partial charge is 0.492 e. The van der Waals surface area contributed by atoms with Gasteiger partial charge in [-0.1, -0.05) is 43.3 Å². The minimum atomic E-state index is -0.203. The van der Waals surface area contributed by atoms with Crippen molar-refractivity contribution in [3.63, 3.8) is 0 Å². The molecule has 0 atom stereocenters. The fourth-order valence-corrected chi connectivity index (χ4v) is 4.27. The van der Waals surface area contributed by atoms with Crippen LogP contribution in [0.2, 0.25) is 0 Å². The summed E-state index contributed by atoms with van der Waals surface area (Å²) < 4.78 is 7.95. The molecule has 0 N–H and O–H groups in total. The number of fused-ring (bicyclic) bond motifs is 1. The lowest BCUT2D eigenvalue weighted by atomic mass is 10.1. The summed E-state index contributed by atoms with van der Waals surface area (Å²) in [5.74, 6) is 0.639. The van der Waals surface area contributed by atoms with Crippen molar-refractivity contribution < 1.29 is 14.3 Å². The minimum Gasteiger partial charge on any atom is -0.492 e. The third-order valence-electron chi connectivity index (χ3n) is 4.77. The van der Waals surface area contributed by atoms with Gasteiger partial charge >= 0.3 is 0 Å². The Morgan fingerprint density at radius 3 is 2.55 bits per heavy atom. The van der Waals surface area contributed by atoms with E-state index in [4.69, 9.17) is 4.74 Å². The highest BCUT2D eigenvalue weighted by atomic mass is 32.2. The number of imide groups is 1. The third kappa shape index (κ3) is 4.07. The molecule has 4 rings (SSSR count). The van der Waals surface area contributed by atoms with Gasteiger partial charge < -0.3 is 9.30 Å². The first-order valence-electron chi connectivity index (χ1n) is 9.68. The lowest BCUT2D eigenvalue weighted by Gasteiger charge is -2.09. The van der Waals surface area contributed by atoms with E-state index in [9.17, 15) is 9.59 Å². The van der Waals surface area contributed by atoms with Gasteiger partial charge in [0.25, 0.3) is 11.1 Å². The van der Waals surface area contributed by atoms with E-state index in [0.29, 0.717) is 24.6 Å². The van der Waals surface area contributed by atoms with Crippen LogP contribution < -0.4 is 4.74 Å². The van der Waals surface area contributed by atoms with E-state index in [2.05, 4.69) is 10.6 Å². The van der Waals surface area contributed by atoms with Crippen molar-refractivity contribution in [3.05, 3.63) is 71.3 Å². The molecule has 29 heavy (non-hydrogen) atoms. The zero-order valence-electron chi connectivity index (χ0n) is 16.2. The second-order valence-electron chi connectivity index (χ2n) is 6.79. The van der Waals surface area contributed by atoms with Gasteiger partial charge in [-0.15, -0.1) is 0 Å². The molecule has 0 radical (unpaired) electrons. The Morgan fingerprint density at radius 1 is 1.00 bits per heavy atom. The van der Waals surface area contributed by atoms with E-state index in [0.717, 1.165) is 40.4 Å². The number of carbonyl (C=O) groups is 2. The van der Waals surface area contributed by atoms with Gasteiger partial charge in [0.1, 0.15) is 12.4 Å².